The van der Waals surface area contributed by atoms with Crippen LogP contribution in [0.3, 0.4) is 0 Å². The predicted octanol–water partition coefficient (Wildman–Crippen LogP) is 2.79. The van der Waals surface area contributed by atoms with Crippen molar-refractivity contribution in [2.75, 3.05) is 18.2 Å². The zero-order valence-electron chi connectivity index (χ0n) is 17.4. The smallest absolute Gasteiger partial charge is 0.250 e. The normalized spacial score (nSPS) is 11.6. The number of benzene rings is 2. The first-order valence-corrected chi connectivity index (χ1v) is 10.4. The summed E-state index contributed by atoms with van der Waals surface area (Å²) in [6.07, 6.45) is -0.350. The van der Waals surface area contributed by atoms with Gasteiger partial charge in [-0.3, -0.25) is 9.59 Å². The van der Waals surface area contributed by atoms with Crippen LogP contribution in [0.4, 0.5) is 5.69 Å². The Morgan fingerprint density at radius 1 is 1.13 bits per heavy atom. The molecule has 31 heavy (non-hydrogen) atoms. The summed E-state index contributed by atoms with van der Waals surface area (Å²) < 4.78 is 12.8. The van der Waals surface area contributed by atoms with Gasteiger partial charge < -0.3 is 25.1 Å². The molecule has 0 saturated heterocycles. The number of primary amides is 1. The number of rotatable bonds is 9. The molecule has 0 aliphatic rings. The monoisotopic (exact) mass is 441 g/mol. The number of para-hydroxylation sites is 1. The van der Waals surface area contributed by atoms with Gasteiger partial charge in [-0.1, -0.05) is 23.9 Å². The minimum atomic E-state index is -0.604. The van der Waals surface area contributed by atoms with E-state index in [0.717, 1.165) is 5.75 Å². The van der Waals surface area contributed by atoms with Gasteiger partial charge in [0.05, 0.1) is 24.1 Å². The number of carbonyl (C=O) groups is 2. The third kappa shape index (κ3) is 5.54. The fourth-order valence-corrected chi connectivity index (χ4v) is 3.56. The molecular weight excluding hydrogens is 418 g/mol. The second-order valence-corrected chi connectivity index (χ2v) is 7.52. The number of nitrogens with zero attached hydrogens (tertiary/aromatic N) is 3. The number of nitrogens with one attached hydrogen (secondary N) is 1. The van der Waals surface area contributed by atoms with Crippen molar-refractivity contribution in [3.63, 3.8) is 0 Å². The lowest BCUT2D eigenvalue weighted by molar-refractivity contribution is -0.113. The summed E-state index contributed by atoms with van der Waals surface area (Å²) in [6.45, 7) is 1.87. The van der Waals surface area contributed by atoms with Crippen LogP contribution in [0.1, 0.15) is 29.2 Å². The Labute approximate surface area is 183 Å². The van der Waals surface area contributed by atoms with Gasteiger partial charge in [-0.15, -0.1) is 10.2 Å². The number of ether oxygens (including phenoxy) is 2. The highest BCUT2D eigenvalue weighted by molar-refractivity contribution is 7.99. The average Bonchev–Trinajstić information content (AvgIpc) is 3.13. The van der Waals surface area contributed by atoms with E-state index in [0.29, 0.717) is 22.4 Å². The third-order valence-corrected chi connectivity index (χ3v) is 5.42. The molecule has 2 aromatic carbocycles. The van der Waals surface area contributed by atoms with Gasteiger partial charge in [0.25, 0.3) is 5.91 Å². The largest absolute Gasteiger partial charge is 0.497 e. The maximum absolute atomic E-state index is 12.3. The molecule has 0 radical (unpaired) electrons. The summed E-state index contributed by atoms with van der Waals surface area (Å²) in [5.41, 5.74) is 5.97. The minimum Gasteiger partial charge on any atom is -0.497 e. The maximum Gasteiger partial charge on any atom is 0.250 e. The quantitative estimate of drug-likeness (QED) is 0.490. The molecule has 0 aliphatic heterocycles. The van der Waals surface area contributed by atoms with E-state index in [1.807, 2.05) is 38.2 Å². The van der Waals surface area contributed by atoms with E-state index in [1.165, 1.54) is 11.8 Å². The lowest BCUT2D eigenvalue weighted by Crippen LogP contribution is -2.19. The van der Waals surface area contributed by atoms with Crippen LogP contribution in [0, 0.1) is 0 Å². The summed E-state index contributed by atoms with van der Waals surface area (Å²) >= 11 is 1.23. The molecule has 1 heterocycles. The minimum absolute atomic E-state index is 0.0901. The summed E-state index contributed by atoms with van der Waals surface area (Å²) in [6, 6.07) is 13.8. The Hall–Kier alpha value is -3.53. The van der Waals surface area contributed by atoms with Crippen molar-refractivity contribution in [1.29, 1.82) is 0 Å². The molecule has 9 nitrogen and oxygen atoms in total. The van der Waals surface area contributed by atoms with Crippen LogP contribution in [-0.2, 0) is 11.8 Å². The average molecular weight is 442 g/mol. The Morgan fingerprint density at radius 2 is 1.81 bits per heavy atom. The van der Waals surface area contributed by atoms with Gasteiger partial charge in [0.2, 0.25) is 5.91 Å². The number of carbonyl (C=O) groups excluding carboxylic acids is 2. The van der Waals surface area contributed by atoms with Crippen LogP contribution in [-0.4, -0.2) is 39.4 Å². The number of hydrogen-bond acceptors (Lipinski definition) is 7. The fraction of sp³-hybridized carbons (Fsp3) is 0.238. The standard InChI is InChI=1S/C21H23N5O4S/c1-13(30-15-10-8-14(29-3)9-11-15)20-24-25-21(26(20)2)31-12-18(27)23-17-7-5-4-6-16(17)19(22)28/h4-11,13H,12H2,1-3H3,(H2,22,28)(H,23,27). The highest BCUT2D eigenvalue weighted by Gasteiger charge is 2.18. The molecule has 3 aromatic rings. The maximum atomic E-state index is 12.3. The number of thioether (sulfide) groups is 1. The molecule has 0 bridgehead atoms. The van der Waals surface area contributed by atoms with Crippen molar-refractivity contribution in [3.8, 4) is 11.5 Å². The first-order valence-electron chi connectivity index (χ1n) is 9.40. The summed E-state index contributed by atoms with van der Waals surface area (Å²) in [7, 11) is 3.42. The summed E-state index contributed by atoms with van der Waals surface area (Å²) in [4.78, 5) is 23.8. The summed E-state index contributed by atoms with van der Waals surface area (Å²) in [5, 5.41) is 11.6. The zero-order chi connectivity index (χ0) is 22.4. The SMILES string of the molecule is COc1ccc(OC(C)c2nnc(SCC(=O)Nc3ccccc3C(N)=O)n2C)cc1. The summed E-state index contributed by atoms with van der Waals surface area (Å²) in [5.74, 6) is 1.25. The number of hydrogen-bond donors (Lipinski definition) is 2. The molecule has 2 amide bonds. The lowest BCUT2D eigenvalue weighted by Gasteiger charge is -2.14. The van der Waals surface area contributed by atoms with Crippen molar-refractivity contribution < 1.29 is 19.1 Å². The first-order chi connectivity index (χ1) is 14.9. The number of methoxy groups -OCH3 is 1. The van der Waals surface area contributed by atoms with Gasteiger partial charge >= 0.3 is 0 Å². The van der Waals surface area contributed by atoms with E-state index in [2.05, 4.69) is 15.5 Å². The van der Waals surface area contributed by atoms with E-state index in [-0.39, 0.29) is 23.3 Å². The molecule has 1 atom stereocenters. The molecule has 0 saturated carbocycles. The number of anilines is 1. The van der Waals surface area contributed by atoms with Crippen LogP contribution in [0.5, 0.6) is 11.5 Å². The highest BCUT2D eigenvalue weighted by Crippen LogP contribution is 2.25. The Bertz CT molecular complexity index is 1070. The third-order valence-electron chi connectivity index (χ3n) is 4.40. The fourth-order valence-electron chi connectivity index (χ4n) is 2.84. The van der Waals surface area contributed by atoms with Crippen molar-refractivity contribution in [1.82, 2.24) is 14.8 Å². The van der Waals surface area contributed by atoms with Gasteiger partial charge in [-0.05, 0) is 43.3 Å². The van der Waals surface area contributed by atoms with E-state index in [9.17, 15) is 9.59 Å². The van der Waals surface area contributed by atoms with Crippen molar-refractivity contribution in [3.05, 3.63) is 59.9 Å². The molecule has 1 unspecified atom stereocenters. The second-order valence-electron chi connectivity index (χ2n) is 6.58. The Kier molecular flexibility index (Phi) is 7.14. The van der Waals surface area contributed by atoms with Crippen LogP contribution < -0.4 is 20.5 Å². The van der Waals surface area contributed by atoms with Gasteiger partial charge in [0, 0.05) is 7.05 Å². The Balaban J connectivity index is 1.59. The molecule has 10 heteroatoms. The zero-order valence-corrected chi connectivity index (χ0v) is 18.2. The van der Waals surface area contributed by atoms with Gasteiger partial charge in [-0.2, -0.15) is 0 Å². The Morgan fingerprint density at radius 3 is 2.48 bits per heavy atom. The molecule has 0 spiro atoms. The van der Waals surface area contributed by atoms with Crippen molar-refractivity contribution >= 4 is 29.3 Å². The van der Waals surface area contributed by atoms with Gasteiger partial charge in [0.15, 0.2) is 17.1 Å². The van der Waals surface area contributed by atoms with E-state index in [1.54, 1.807) is 35.9 Å². The van der Waals surface area contributed by atoms with E-state index in [4.69, 9.17) is 15.2 Å². The lowest BCUT2D eigenvalue weighted by atomic mass is 10.1. The van der Waals surface area contributed by atoms with E-state index >= 15 is 0 Å². The molecule has 1 aromatic heterocycles. The molecule has 3 rings (SSSR count). The predicted molar refractivity (Wildman–Crippen MR) is 117 cm³/mol. The molecular formula is C21H23N5O4S. The molecule has 3 N–H and O–H groups in total. The van der Waals surface area contributed by atoms with Crippen LogP contribution in [0.25, 0.3) is 0 Å². The topological polar surface area (TPSA) is 121 Å². The number of amides is 2. The van der Waals surface area contributed by atoms with Crippen LogP contribution >= 0.6 is 11.8 Å². The number of aromatic nitrogens is 3. The molecule has 0 aliphatic carbocycles. The first kappa shape index (κ1) is 22.2. The van der Waals surface area contributed by atoms with Crippen LogP contribution in [0.2, 0.25) is 0 Å². The molecule has 162 valence electrons. The van der Waals surface area contributed by atoms with E-state index < -0.39 is 5.91 Å². The van der Waals surface area contributed by atoms with Crippen LogP contribution in [0.15, 0.2) is 53.7 Å². The van der Waals surface area contributed by atoms with Crippen molar-refractivity contribution in [2.24, 2.45) is 12.8 Å². The number of nitrogens with two attached hydrogens (primary N) is 1. The van der Waals surface area contributed by atoms with Crippen molar-refractivity contribution in [2.45, 2.75) is 18.2 Å². The molecule has 0 fully saturated rings. The second kappa shape index (κ2) is 9.98. The van der Waals surface area contributed by atoms with Gasteiger partial charge in [-0.25, -0.2) is 0 Å². The van der Waals surface area contributed by atoms with Gasteiger partial charge in [0.1, 0.15) is 11.5 Å². The highest BCUT2D eigenvalue weighted by atomic mass is 32.2.